The van der Waals surface area contributed by atoms with Crippen LogP contribution in [0.4, 0.5) is 19.3 Å². The number of carbonyl (C=O) groups excluding carboxylic acids is 3. The van der Waals surface area contributed by atoms with E-state index in [1.807, 2.05) is 0 Å². The first kappa shape index (κ1) is 27.0. The Kier molecular flexibility index (Phi) is 7.65. The minimum Gasteiger partial charge on any atom is -0.435 e. The third kappa shape index (κ3) is 5.46. The van der Waals surface area contributed by atoms with Crippen LogP contribution in [-0.4, -0.2) is 61.7 Å². The summed E-state index contributed by atoms with van der Waals surface area (Å²) in [5.74, 6) is -1.50. The Bertz CT molecular complexity index is 1250. The van der Waals surface area contributed by atoms with E-state index in [1.165, 1.54) is 66.8 Å². The Balaban J connectivity index is 1.68. The fraction of sp³-hybridized carbons (Fsp3) is 0.348. The first-order chi connectivity index (χ1) is 16.8. The van der Waals surface area contributed by atoms with Crippen molar-refractivity contribution >= 4 is 33.6 Å². The van der Waals surface area contributed by atoms with Gasteiger partial charge in [-0.2, -0.15) is 13.1 Å². The number of rotatable bonds is 9. The topological polar surface area (TPSA) is 125 Å². The maximum atomic E-state index is 13.0. The Morgan fingerprint density at radius 3 is 2.22 bits per heavy atom. The summed E-state index contributed by atoms with van der Waals surface area (Å²) in [4.78, 5) is 38.8. The van der Waals surface area contributed by atoms with Crippen molar-refractivity contribution in [1.82, 2.24) is 14.5 Å². The average Bonchev–Trinajstić information content (AvgIpc) is 3.02. The van der Waals surface area contributed by atoms with E-state index in [1.54, 1.807) is 13.8 Å². The number of nitrogens with one attached hydrogen (secondary N) is 2. The fourth-order valence-corrected chi connectivity index (χ4v) is 4.87. The van der Waals surface area contributed by atoms with Crippen LogP contribution in [0.15, 0.2) is 53.4 Å². The van der Waals surface area contributed by atoms with Gasteiger partial charge in [0.05, 0.1) is 4.90 Å². The van der Waals surface area contributed by atoms with Crippen molar-refractivity contribution in [1.29, 1.82) is 0 Å². The van der Waals surface area contributed by atoms with Crippen molar-refractivity contribution in [3.05, 3.63) is 54.1 Å². The average molecular weight is 525 g/mol. The van der Waals surface area contributed by atoms with Gasteiger partial charge in [0.1, 0.15) is 17.8 Å². The molecular weight excluding hydrogens is 498 g/mol. The zero-order chi connectivity index (χ0) is 26.8. The molecule has 10 nitrogen and oxygen atoms in total. The Labute approximate surface area is 207 Å². The molecule has 194 valence electrons. The minimum absolute atomic E-state index is 0.0477. The normalized spacial score (nSPS) is 18.2. The molecule has 0 bridgehead atoms. The molecule has 2 aromatic carbocycles. The molecule has 1 fully saturated rings. The number of amides is 4. The predicted octanol–water partition coefficient (Wildman–Crippen LogP) is 2.72. The van der Waals surface area contributed by atoms with E-state index in [4.69, 9.17) is 0 Å². The summed E-state index contributed by atoms with van der Waals surface area (Å²) in [6, 6.07) is 9.66. The third-order valence-electron chi connectivity index (χ3n) is 5.78. The highest BCUT2D eigenvalue weighted by Gasteiger charge is 2.49. The fourth-order valence-electron chi connectivity index (χ4n) is 3.50. The molecule has 13 heteroatoms. The highest BCUT2D eigenvalue weighted by Crippen LogP contribution is 2.30. The van der Waals surface area contributed by atoms with E-state index in [9.17, 15) is 31.6 Å². The number of imide groups is 1. The second kappa shape index (κ2) is 10.2. The molecule has 0 aliphatic carbocycles. The molecule has 0 radical (unpaired) electrons. The van der Waals surface area contributed by atoms with Gasteiger partial charge in [-0.15, -0.1) is 0 Å². The molecule has 1 atom stereocenters. The van der Waals surface area contributed by atoms with Gasteiger partial charge < -0.3 is 15.4 Å². The Morgan fingerprint density at radius 1 is 1.11 bits per heavy atom. The molecule has 2 N–H and O–H groups in total. The molecule has 1 aliphatic heterocycles. The molecule has 0 aromatic heterocycles. The first-order valence-corrected chi connectivity index (χ1v) is 12.3. The van der Waals surface area contributed by atoms with Gasteiger partial charge in [0.25, 0.3) is 5.91 Å². The van der Waals surface area contributed by atoms with Gasteiger partial charge in [-0.05, 0) is 62.7 Å². The third-order valence-corrected chi connectivity index (χ3v) is 7.82. The summed E-state index contributed by atoms with van der Waals surface area (Å²) in [6.45, 7) is 1.31. The van der Waals surface area contributed by atoms with Gasteiger partial charge in [0, 0.05) is 18.8 Å². The van der Waals surface area contributed by atoms with E-state index in [0.29, 0.717) is 5.56 Å². The van der Waals surface area contributed by atoms with Crippen LogP contribution in [0.5, 0.6) is 5.75 Å². The molecular formula is C23H26F2N4O6S. The van der Waals surface area contributed by atoms with Gasteiger partial charge in [-0.1, -0.05) is 12.1 Å². The lowest BCUT2D eigenvalue weighted by Gasteiger charge is -2.22. The number of carbonyl (C=O) groups is 3. The highest BCUT2D eigenvalue weighted by atomic mass is 32.2. The monoisotopic (exact) mass is 524 g/mol. The lowest BCUT2D eigenvalue weighted by atomic mass is 9.92. The molecule has 3 rings (SSSR count). The van der Waals surface area contributed by atoms with Crippen LogP contribution < -0.4 is 15.4 Å². The molecule has 2 aromatic rings. The summed E-state index contributed by atoms with van der Waals surface area (Å²) in [5.41, 5.74) is -0.928. The lowest BCUT2D eigenvalue weighted by Crippen LogP contribution is -2.42. The van der Waals surface area contributed by atoms with Gasteiger partial charge in [-0.3, -0.25) is 14.5 Å². The summed E-state index contributed by atoms with van der Waals surface area (Å²) in [7, 11) is -2.23. The number of anilines is 1. The number of ether oxygens (including phenoxy) is 1. The molecule has 36 heavy (non-hydrogen) atoms. The van der Waals surface area contributed by atoms with Crippen molar-refractivity contribution in [2.75, 3.05) is 18.9 Å². The second-order valence-corrected chi connectivity index (χ2v) is 10.5. The summed E-state index contributed by atoms with van der Waals surface area (Å²) in [5, 5.41) is 5.04. The zero-order valence-electron chi connectivity index (χ0n) is 20.0. The van der Waals surface area contributed by atoms with E-state index in [-0.39, 0.29) is 22.4 Å². The number of alkyl halides is 2. The summed E-state index contributed by atoms with van der Waals surface area (Å²) < 4.78 is 55.4. The van der Waals surface area contributed by atoms with Crippen LogP contribution in [0.25, 0.3) is 0 Å². The number of hydrogen-bond acceptors (Lipinski definition) is 6. The van der Waals surface area contributed by atoms with E-state index >= 15 is 0 Å². The van der Waals surface area contributed by atoms with Crippen LogP contribution in [-0.2, 0) is 25.2 Å². The molecule has 0 spiro atoms. The lowest BCUT2D eigenvalue weighted by molar-refractivity contribution is -0.133. The molecule has 1 aliphatic rings. The van der Waals surface area contributed by atoms with E-state index < -0.39 is 46.6 Å². The smallest absolute Gasteiger partial charge is 0.387 e. The van der Waals surface area contributed by atoms with Crippen LogP contribution in [0, 0.1) is 0 Å². The van der Waals surface area contributed by atoms with Crippen LogP contribution in [0.3, 0.4) is 0 Å². The van der Waals surface area contributed by atoms with Gasteiger partial charge >= 0.3 is 12.6 Å². The number of nitrogens with zero attached hydrogens (tertiary/aromatic N) is 2. The minimum atomic E-state index is -3.69. The highest BCUT2D eigenvalue weighted by molar-refractivity contribution is 7.89. The Morgan fingerprint density at radius 2 is 1.69 bits per heavy atom. The number of benzene rings is 2. The maximum Gasteiger partial charge on any atom is 0.387 e. The molecule has 1 saturated heterocycles. The van der Waals surface area contributed by atoms with Crippen molar-refractivity contribution in [2.45, 2.75) is 43.9 Å². The predicted molar refractivity (Wildman–Crippen MR) is 126 cm³/mol. The standard InChI is InChI=1S/C23H26F2N4O6S/c1-14(2)28(4)36(33,34)18-11-7-16(8-12-18)26-19(30)13-29-20(31)23(3,27-22(29)32)15-5-9-17(10-6-15)35-21(24)25/h5-12,14,21H,13H2,1-4H3,(H,26,30)(H,27,32)/t23-/m1/s1. The van der Waals surface area contributed by atoms with Gasteiger partial charge in [0.15, 0.2) is 0 Å². The van der Waals surface area contributed by atoms with E-state index in [0.717, 1.165) is 4.90 Å². The summed E-state index contributed by atoms with van der Waals surface area (Å²) >= 11 is 0. The number of halogens is 2. The maximum absolute atomic E-state index is 13.0. The first-order valence-electron chi connectivity index (χ1n) is 10.8. The number of sulfonamides is 1. The molecule has 1 heterocycles. The number of urea groups is 1. The van der Waals surface area contributed by atoms with Crippen molar-refractivity contribution in [2.24, 2.45) is 0 Å². The second-order valence-electron chi connectivity index (χ2n) is 8.54. The summed E-state index contributed by atoms with van der Waals surface area (Å²) in [6.07, 6.45) is 0. The van der Waals surface area contributed by atoms with Gasteiger partial charge in [0.2, 0.25) is 15.9 Å². The van der Waals surface area contributed by atoms with Crippen LogP contribution in [0.1, 0.15) is 26.3 Å². The molecule has 0 unspecified atom stereocenters. The van der Waals surface area contributed by atoms with Crippen molar-refractivity contribution < 1.29 is 36.3 Å². The number of hydrogen-bond donors (Lipinski definition) is 2. The van der Waals surface area contributed by atoms with Crippen LogP contribution >= 0.6 is 0 Å². The van der Waals surface area contributed by atoms with Crippen molar-refractivity contribution in [3.63, 3.8) is 0 Å². The molecule has 0 saturated carbocycles. The zero-order valence-corrected chi connectivity index (χ0v) is 20.8. The van der Waals surface area contributed by atoms with Gasteiger partial charge in [-0.25, -0.2) is 13.2 Å². The largest absolute Gasteiger partial charge is 0.435 e. The molecule has 4 amide bonds. The van der Waals surface area contributed by atoms with Crippen LogP contribution in [0.2, 0.25) is 0 Å². The SMILES string of the molecule is CC(C)N(C)S(=O)(=O)c1ccc(NC(=O)CN2C(=O)N[C@](C)(c3ccc(OC(F)F)cc3)C2=O)cc1. The Hall–Kier alpha value is -3.58. The van der Waals surface area contributed by atoms with Crippen molar-refractivity contribution in [3.8, 4) is 5.75 Å². The quantitative estimate of drug-likeness (QED) is 0.486. The van der Waals surface area contributed by atoms with E-state index in [2.05, 4.69) is 15.4 Å².